The summed E-state index contributed by atoms with van der Waals surface area (Å²) in [6, 6.07) is 8.81. The largest absolute Gasteiger partial charge is 0.316 e. The van der Waals surface area contributed by atoms with Crippen molar-refractivity contribution in [3.8, 4) is 0 Å². The van der Waals surface area contributed by atoms with Gasteiger partial charge in [-0.15, -0.1) is 0 Å². The quantitative estimate of drug-likeness (QED) is 0.625. The zero-order valence-corrected chi connectivity index (χ0v) is 8.29. The molecule has 1 aromatic carbocycles. The average molecular weight is 185 g/mol. The molecule has 0 spiro atoms. The summed E-state index contributed by atoms with van der Waals surface area (Å²) < 4.78 is 0. The van der Waals surface area contributed by atoms with E-state index in [-0.39, 0.29) is 0 Å². The molecule has 1 fully saturated rings. The maximum atomic E-state index is 3.47. The van der Waals surface area contributed by atoms with E-state index in [4.69, 9.17) is 0 Å². The minimum Gasteiger partial charge on any atom is -0.316 e. The molecule has 1 saturated heterocycles. The molecule has 2 aliphatic rings. The smallest absolute Gasteiger partial charge is 0.00203 e. The molecule has 3 rings (SSSR count). The highest BCUT2D eigenvalue weighted by molar-refractivity contribution is 5.55. The number of piperidine rings is 1. The van der Waals surface area contributed by atoms with Gasteiger partial charge in [-0.25, -0.2) is 0 Å². The van der Waals surface area contributed by atoms with Crippen molar-refractivity contribution in [1.82, 2.24) is 5.32 Å². The molecule has 14 heavy (non-hydrogen) atoms. The maximum absolute atomic E-state index is 3.47. The van der Waals surface area contributed by atoms with Crippen LogP contribution < -0.4 is 15.8 Å². The summed E-state index contributed by atoms with van der Waals surface area (Å²) in [5.41, 5.74) is 1.68. The highest BCUT2D eigenvalue weighted by Gasteiger charge is 2.20. The lowest BCUT2D eigenvalue weighted by atomic mass is 9.84. The molecule has 0 bridgehead atoms. The monoisotopic (exact) mass is 185 g/mol. The van der Waals surface area contributed by atoms with Gasteiger partial charge in [0.05, 0.1) is 0 Å². The minimum absolute atomic E-state index is 0.763. The molecule has 0 saturated carbocycles. The molecule has 1 aromatic rings. The molecule has 0 aromatic heterocycles. The predicted octanol–water partition coefficient (Wildman–Crippen LogP) is 0.631. The van der Waals surface area contributed by atoms with E-state index >= 15 is 0 Å². The zero-order valence-electron chi connectivity index (χ0n) is 8.29. The lowest BCUT2D eigenvalue weighted by Gasteiger charge is -2.27. The van der Waals surface area contributed by atoms with Crippen LogP contribution in [0.1, 0.15) is 12.8 Å². The van der Waals surface area contributed by atoms with Gasteiger partial charge in [0.2, 0.25) is 0 Å². The Morgan fingerprint density at radius 1 is 1.21 bits per heavy atom. The van der Waals surface area contributed by atoms with Gasteiger partial charge >= 0.3 is 0 Å². The predicted molar refractivity (Wildman–Crippen MR) is 59.2 cm³/mol. The Morgan fingerprint density at radius 3 is 3.14 bits per heavy atom. The third-order valence-corrected chi connectivity index (χ3v) is 3.38. The molecular weight excluding hydrogens is 170 g/mol. The average Bonchev–Trinajstić information content (AvgIpc) is 2.29. The highest BCUT2D eigenvalue weighted by atomic mass is 14.9. The van der Waals surface area contributed by atoms with Gasteiger partial charge in [0.25, 0.3) is 0 Å². The van der Waals surface area contributed by atoms with Crippen LogP contribution in [0.4, 0.5) is 0 Å². The molecule has 1 aliphatic heterocycles. The minimum atomic E-state index is 0.763. The van der Waals surface area contributed by atoms with Crippen molar-refractivity contribution in [3.05, 3.63) is 34.7 Å². The van der Waals surface area contributed by atoms with Crippen LogP contribution >= 0.6 is 0 Å². The van der Waals surface area contributed by atoms with Gasteiger partial charge in [0.1, 0.15) is 0 Å². The fraction of sp³-hybridized carbons (Fsp3) is 0.385. The summed E-state index contributed by atoms with van der Waals surface area (Å²) >= 11 is 0. The summed E-state index contributed by atoms with van der Waals surface area (Å²) in [4.78, 5) is 0. The Kier molecular flexibility index (Phi) is 1.91. The van der Waals surface area contributed by atoms with E-state index in [0.29, 0.717) is 0 Å². The third-order valence-electron chi connectivity index (χ3n) is 3.38. The molecule has 1 aliphatic carbocycles. The maximum Gasteiger partial charge on any atom is 0.00203 e. The number of rotatable bonds is 0. The molecule has 1 unspecified atom stereocenters. The van der Waals surface area contributed by atoms with Gasteiger partial charge in [0.15, 0.2) is 0 Å². The number of hydrogen-bond donors (Lipinski definition) is 1. The fourth-order valence-electron chi connectivity index (χ4n) is 2.64. The van der Waals surface area contributed by atoms with Crippen LogP contribution in [0.3, 0.4) is 0 Å². The van der Waals surface area contributed by atoms with Crippen molar-refractivity contribution in [2.45, 2.75) is 12.8 Å². The molecule has 0 radical (unpaired) electrons. The van der Waals surface area contributed by atoms with Crippen LogP contribution in [0, 0.1) is 5.92 Å². The van der Waals surface area contributed by atoms with Crippen molar-refractivity contribution in [1.29, 1.82) is 0 Å². The Bertz CT molecular complexity index is 458. The summed E-state index contributed by atoms with van der Waals surface area (Å²) in [5.74, 6) is 0.763. The normalized spacial score (nSPS) is 24.9. The summed E-state index contributed by atoms with van der Waals surface area (Å²) in [6.07, 6.45) is 4.84. The molecule has 0 amide bonds. The van der Waals surface area contributed by atoms with Crippen molar-refractivity contribution in [3.63, 3.8) is 0 Å². The first-order valence-corrected chi connectivity index (χ1v) is 5.44. The zero-order chi connectivity index (χ0) is 9.38. The summed E-state index contributed by atoms with van der Waals surface area (Å²) in [6.45, 7) is 2.32. The second-order valence-electron chi connectivity index (χ2n) is 4.20. The van der Waals surface area contributed by atoms with E-state index in [1.165, 1.54) is 29.8 Å². The van der Waals surface area contributed by atoms with Crippen LogP contribution in [0.5, 0.6) is 0 Å². The van der Waals surface area contributed by atoms with E-state index in [1.807, 2.05) is 0 Å². The molecule has 1 atom stereocenters. The molecule has 1 N–H and O–H groups in total. The lowest BCUT2D eigenvalue weighted by molar-refractivity contribution is 0.525. The van der Waals surface area contributed by atoms with E-state index < -0.39 is 0 Å². The first-order valence-electron chi connectivity index (χ1n) is 5.44. The van der Waals surface area contributed by atoms with Crippen LogP contribution in [-0.4, -0.2) is 13.1 Å². The second-order valence-corrected chi connectivity index (χ2v) is 4.20. The standard InChI is InChI=1S/C13H15N/c1-2-4-12-10(3-1)5-6-11-9-14-8-7-13(11)12/h1-5,11,14H,6-9H2. The second kappa shape index (κ2) is 3.25. The van der Waals surface area contributed by atoms with Gasteiger partial charge < -0.3 is 5.32 Å². The van der Waals surface area contributed by atoms with E-state index in [2.05, 4.69) is 35.7 Å². The van der Waals surface area contributed by atoms with Gasteiger partial charge in [0, 0.05) is 6.54 Å². The lowest BCUT2D eigenvalue weighted by Crippen LogP contribution is -2.40. The van der Waals surface area contributed by atoms with Gasteiger partial charge in [-0.2, -0.15) is 0 Å². The Morgan fingerprint density at radius 2 is 2.14 bits per heavy atom. The van der Waals surface area contributed by atoms with Crippen molar-refractivity contribution < 1.29 is 0 Å². The molecule has 1 heteroatoms. The Balaban J connectivity index is 2.27. The number of fused-ring (bicyclic) bond motifs is 2. The van der Waals surface area contributed by atoms with Crippen LogP contribution in [0.15, 0.2) is 24.3 Å². The third kappa shape index (κ3) is 1.20. The van der Waals surface area contributed by atoms with E-state index in [1.54, 1.807) is 5.57 Å². The summed E-state index contributed by atoms with van der Waals surface area (Å²) in [5, 5.41) is 6.42. The van der Waals surface area contributed by atoms with E-state index in [9.17, 15) is 0 Å². The van der Waals surface area contributed by atoms with Gasteiger partial charge in [-0.3, -0.25) is 0 Å². The van der Waals surface area contributed by atoms with Gasteiger partial charge in [-0.05, 0) is 35.7 Å². The SMILES string of the molecule is C1=c2ccccc2=C2CCNCC2C1. The number of nitrogens with one attached hydrogen (secondary N) is 1. The molecule has 72 valence electrons. The van der Waals surface area contributed by atoms with Crippen LogP contribution in [-0.2, 0) is 0 Å². The van der Waals surface area contributed by atoms with Crippen molar-refractivity contribution in [2.75, 3.05) is 13.1 Å². The fourth-order valence-corrected chi connectivity index (χ4v) is 2.64. The number of benzene rings is 1. The van der Waals surface area contributed by atoms with Gasteiger partial charge in [-0.1, -0.05) is 35.9 Å². The number of hydrogen-bond acceptors (Lipinski definition) is 1. The molecule has 1 heterocycles. The Hall–Kier alpha value is -1.08. The van der Waals surface area contributed by atoms with Crippen molar-refractivity contribution >= 4 is 11.6 Å². The summed E-state index contributed by atoms with van der Waals surface area (Å²) in [7, 11) is 0. The van der Waals surface area contributed by atoms with Crippen LogP contribution in [0.2, 0.25) is 0 Å². The molecular formula is C13H15N. The van der Waals surface area contributed by atoms with E-state index in [0.717, 1.165) is 12.5 Å². The first kappa shape index (κ1) is 8.25. The molecule has 1 nitrogen and oxygen atoms in total. The first-order chi connectivity index (χ1) is 6.95. The highest BCUT2D eigenvalue weighted by Crippen LogP contribution is 2.22. The van der Waals surface area contributed by atoms with Crippen LogP contribution in [0.25, 0.3) is 11.6 Å². The topological polar surface area (TPSA) is 12.0 Å². The van der Waals surface area contributed by atoms with Crippen molar-refractivity contribution in [2.24, 2.45) is 5.92 Å². The Labute approximate surface area is 84.1 Å².